The highest BCUT2D eigenvalue weighted by atomic mass is 19.4. The van der Waals surface area contributed by atoms with E-state index < -0.39 is 47.0 Å². The number of carboxylic acid groups (broad SMARTS) is 1. The number of benzene rings is 1. The molecule has 0 spiro atoms. The smallest absolute Gasteiger partial charge is 0.458 e. The first-order valence-electron chi connectivity index (χ1n) is 6.49. The summed E-state index contributed by atoms with van der Waals surface area (Å²) in [5.41, 5.74) is -4.56. The zero-order chi connectivity index (χ0) is 19.0. The number of aromatic amines is 1. The van der Waals surface area contributed by atoms with E-state index in [9.17, 15) is 35.9 Å². The van der Waals surface area contributed by atoms with Gasteiger partial charge in [0.25, 0.3) is 5.56 Å². The highest BCUT2D eigenvalue weighted by Gasteiger charge is 2.60. The number of aromatic carboxylic acids is 1. The molecule has 0 amide bonds. The molecule has 5 nitrogen and oxygen atoms in total. The first-order chi connectivity index (χ1) is 11.4. The lowest BCUT2D eigenvalue weighted by atomic mass is 10.0. The molecule has 0 aliphatic heterocycles. The number of rotatable bonds is 4. The molecule has 0 radical (unpaired) electrons. The molecule has 0 unspecified atom stereocenters. The molecule has 0 aliphatic carbocycles. The van der Waals surface area contributed by atoms with Gasteiger partial charge >= 0.3 is 18.1 Å². The van der Waals surface area contributed by atoms with Crippen molar-refractivity contribution >= 4 is 5.97 Å². The van der Waals surface area contributed by atoms with Gasteiger partial charge in [-0.15, -0.1) is 0 Å². The summed E-state index contributed by atoms with van der Waals surface area (Å²) in [6.45, 7) is 0. The number of nitrogens with one attached hydrogen (secondary N) is 1. The zero-order valence-corrected chi connectivity index (χ0v) is 12.0. The lowest BCUT2D eigenvalue weighted by Gasteiger charge is -2.19. The number of nitrogens with zero attached hydrogens (tertiary/aromatic N) is 1. The van der Waals surface area contributed by atoms with Gasteiger partial charge in [0.1, 0.15) is 5.82 Å². The molecule has 0 aliphatic rings. The largest absolute Gasteiger partial charge is 0.478 e. The molecular formula is C14H8F6N2O3. The molecule has 0 saturated carbocycles. The van der Waals surface area contributed by atoms with Crippen molar-refractivity contribution < 1.29 is 36.2 Å². The fourth-order valence-electron chi connectivity index (χ4n) is 1.98. The van der Waals surface area contributed by atoms with Crippen molar-refractivity contribution in [2.45, 2.75) is 18.5 Å². The molecule has 1 aromatic carbocycles. The number of H-pyrrole nitrogens is 1. The third-order valence-corrected chi connectivity index (χ3v) is 3.20. The Labute approximate surface area is 134 Å². The molecule has 0 atom stereocenters. The molecule has 11 heteroatoms. The Hall–Kier alpha value is -2.85. The predicted molar refractivity (Wildman–Crippen MR) is 71.0 cm³/mol. The topological polar surface area (TPSA) is 83.0 Å². The van der Waals surface area contributed by atoms with E-state index in [4.69, 9.17) is 5.11 Å². The minimum Gasteiger partial charge on any atom is -0.478 e. The van der Waals surface area contributed by atoms with Gasteiger partial charge in [-0.1, -0.05) is 6.07 Å². The van der Waals surface area contributed by atoms with E-state index in [0.717, 1.165) is 18.2 Å². The Bertz CT molecular complexity index is 876. The van der Waals surface area contributed by atoms with Crippen LogP contribution in [0.2, 0.25) is 0 Å². The maximum Gasteiger partial charge on any atom is 0.458 e. The molecule has 0 fully saturated rings. The first kappa shape index (κ1) is 18.5. The van der Waals surface area contributed by atoms with E-state index in [1.54, 1.807) is 0 Å². The second-order valence-corrected chi connectivity index (χ2v) is 4.97. The second kappa shape index (κ2) is 6.22. The molecule has 1 heterocycles. The summed E-state index contributed by atoms with van der Waals surface area (Å²) >= 11 is 0. The second-order valence-electron chi connectivity index (χ2n) is 4.97. The van der Waals surface area contributed by atoms with Gasteiger partial charge in [-0.3, -0.25) is 4.79 Å². The highest BCUT2D eigenvalue weighted by Crippen LogP contribution is 2.42. The van der Waals surface area contributed by atoms with E-state index >= 15 is 0 Å². The molecule has 134 valence electrons. The van der Waals surface area contributed by atoms with Crippen LogP contribution in [0.5, 0.6) is 0 Å². The Morgan fingerprint density at radius 3 is 2.36 bits per heavy atom. The summed E-state index contributed by atoms with van der Waals surface area (Å²) < 4.78 is 77.3. The lowest BCUT2D eigenvalue weighted by molar-refractivity contribution is -0.289. The summed E-state index contributed by atoms with van der Waals surface area (Å²) in [5, 5.41) is 13.7. The molecule has 0 saturated heterocycles. The highest BCUT2D eigenvalue weighted by molar-refractivity contribution is 5.88. The Kier molecular flexibility index (Phi) is 4.60. The Morgan fingerprint density at radius 2 is 1.80 bits per heavy atom. The number of hydrogen-bond donors (Lipinski definition) is 2. The SMILES string of the molecule is O=C(O)c1cc(Cc2cc(C(F)(F)C(F)(F)F)c(=O)[nH]n2)ccc1F. The van der Waals surface area contributed by atoms with Crippen LogP contribution in [0.4, 0.5) is 26.3 Å². The van der Waals surface area contributed by atoms with Gasteiger partial charge in [-0.25, -0.2) is 14.3 Å². The van der Waals surface area contributed by atoms with Crippen LogP contribution in [0.3, 0.4) is 0 Å². The van der Waals surface area contributed by atoms with Gasteiger partial charge in [0.2, 0.25) is 0 Å². The fourth-order valence-corrected chi connectivity index (χ4v) is 1.98. The molecule has 2 aromatic rings. The van der Waals surface area contributed by atoms with E-state index in [2.05, 4.69) is 5.10 Å². The van der Waals surface area contributed by atoms with Gasteiger partial charge in [-0.2, -0.15) is 27.1 Å². The molecule has 0 bridgehead atoms. The van der Waals surface area contributed by atoms with Crippen molar-refractivity contribution in [3.63, 3.8) is 0 Å². The number of carboxylic acids is 1. The average molecular weight is 366 g/mol. The van der Waals surface area contributed by atoms with Crippen LogP contribution >= 0.6 is 0 Å². The number of alkyl halides is 5. The van der Waals surface area contributed by atoms with Crippen molar-refractivity contribution in [2.75, 3.05) is 0 Å². The third-order valence-electron chi connectivity index (χ3n) is 3.20. The van der Waals surface area contributed by atoms with Gasteiger partial charge in [-0.05, 0) is 23.8 Å². The predicted octanol–water partition coefficient (Wildman–Crippen LogP) is 2.85. The van der Waals surface area contributed by atoms with Crippen molar-refractivity contribution in [2.24, 2.45) is 0 Å². The number of carbonyl (C=O) groups is 1. The van der Waals surface area contributed by atoms with Crippen LogP contribution in [-0.4, -0.2) is 27.4 Å². The normalized spacial score (nSPS) is 12.2. The quantitative estimate of drug-likeness (QED) is 0.816. The molecule has 25 heavy (non-hydrogen) atoms. The standard InChI is InChI=1S/C14H8F6N2O3/c15-10-2-1-6(4-8(10)12(24)25)3-7-5-9(11(23)22-21-7)13(16,17)14(18,19)20/h1-2,4-5H,3H2,(H,22,23)(H,24,25). The van der Waals surface area contributed by atoms with Gasteiger partial charge in [0, 0.05) is 6.42 Å². The number of halogens is 6. The lowest BCUT2D eigenvalue weighted by Crippen LogP contribution is -2.39. The van der Waals surface area contributed by atoms with E-state index in [1.807, 2.05) is 0 Å². The average Bonchev–Trinajstić information content (AvgIpc) is 2.49. The molecular weight excluding hydrogens is 358 g/mol. The summed E-state index contributed by atoms with van der Waals surface area (Å²) in [4.78, 5) is 22.1. The van der Waals surface area contributed by atoms with Crippen LogP contribution in [0.1, 0.15) is 27.2 Å². The maximum absolute atomic E-state index is 13.4. The number of hydrogen-bond acceptors (Lipinski definition) is 3. The van der Waals surface area contributed by atoms with E-state index in [1.165, 1.54) is 5.10 Å². The van der Waals surface area contributed by atoms with Crippen LogP contribution < -0.4 is 5.56 Å². The van der Waals surface area contributed by atoms with Crippen LogP contribution in [0, 0.1) is 5.82 Å². The van der Waals surface area contributed by atoms with E-state index in [0.29, 0.717) is 0 Å². The summed E-state index contributed by atoms with van der Waals surface area (Å²) in [5.74, 6) is -8.03. The van der Waals surface area contributed by atoms with Gasteiger partial charge in [0.15, 0.2) is 0 Å². The Balaban J connectivity index is 2.43. The third kappa shape index (κ3) is 3.64. The number of aromatic nitrogens is 2. The van der Waals surface area contributed by atoms with E-state index in [-0.39, 0.29) is 17.3 Å². The van der Waals surface area contributed by atoms with Gasteiger partial charge in [0.05, 0.1) is 16.8 Å². The van der Waals surface area contributed by atoms with Crippen LogP contribution in [-0.2, 0) is 12.3 Å². The summed E-state index contributed by atoms with van der Waals surface area (Å²) in [7, 11) is 0. The minimum absolute atomic E-state index is 0.0830. The van der Waals surface area contributed by atoms with Gasteiger partial charge < -0.3 is 5.11 Å². The zero-order valence-electron chi connectivity index (χ0n) is 12.0. The van der Waals surface area contributed by atoms with Crippen LogP contribution in [0.15, 0.2) is 29.1 Å². The summed E-state index contributed by atoms with van der Waals surface area (Å²) in [6.07, 6.45) is -6.39. The molecule has 2 N–H and O–H groups in total. The molecule has 1 aromatic heterocycles. The fraction of sp³-hybridized carbons (Fsp3) is 0.214. The van der Waals surface area contributed by atoms with Crippen molar-refractivity contribution in [3.8, 4) is 0 Å². The molecule has 2 rings (SSSR count). The Morgan fingerprint density at radius 1 is 1.16 bits per heavy atom. The summed E-state index contributed by atoms with van der Waals surface area (Å²) in [6, 6.07) is 3.06. The van der Waals surface area contributed by atoms with Crippen molar-refractivity contribution in [3.05, 3.63) is 62.8 Å². The van der Waals surface area contributed by atoms with Crippen LogP contribution in [0.25, 0.3) is 0 Å². The monoisotopic (exact) mass is 366 g/mol. The van der Waals surface area contributed by atoms with Crippen molar-refractivity contribution in [1.82, 2.24) is 10.2 Å². The van der Waals surface area contributed by atoms with Crippen molar-refractivity contribution in [1.29, 1.82) is 0 Å². The minimum atomic E-state index is -5.98. The first-order valence-corrected chi connectivity index (χ1v) is 6.49. The maximum atomic E-state index is 13.4.